The van der Waals surface area contributed by atoms with Crippen molar-refractivity contribution in [3.8, 4) is 0 Å². The van der Waals surface area contributed by atoms with E-state index in [0.29, 0.717) is 11.5 Å². The molecule has 112 valence electrons. The van der Waals surface area contributed by atoms with E-state index in [9.17, 15) is 4.79 Å². The van der Waals surface area contributed by atoms with E-state index in [2.05, 4.69) is 21.8 Å². The largest absolute Gasteiger partial charge is 0.310 e. The van der Waals surface area contributed by atoms with Crippen LogP contribution in [0.4, 0.5) is 5.95 Å². The molecular weight excluding hydrogens is 274 g/mol. The lowest BCUT2D eigenvalue weighted by atomic mass is 10.1. The molecule has 1 aromatic heterocycles. The number of carbonyl (C=O) groups is 1. The number of hydrogen-bond donors (Lipinski definition) is 1. The third kappa shape index (κ3) is 2.72. The number of aryl methyl sites for hydroxylation is 2. The number of amides is 1. The smallest absolute Gasteiger partial charge is 0.257 e. The number of nitrogens with one attached hydrogen (secondary N) is 1. The molecule has 1 amide bonds. The van der Waals surface area contributed by atoms with E-state index >= 15 is 0 Å². The molecule has 0 aliphatic rings. The van der Waals surface area contributed by atoms with Crippen LogP contribution in [0.2, 0.25) is 0 Å². The number of carbonyl (C=O) groups excluding carboxylic acids is 1. The zero-order chi connectivity index (χ0) is 15.5. The lowest BCUT2D eigenvalue weighted by Crippen LogP contribution is -2.16. The normalized spacial score (nSPS) is 10.8. The Hall–Kier alpha value is -2.62. The van der Waals surface area contributed by atoms with E-state index < -0.39 is 0 Å². The zero-order valence-electron chi connectivity index (χ0n) is 12.8. The van der Waals surface area contributed by atoms with Crippen molar-refractivity contribution in [2.45, 2.75) is 26.8 Å². The van der Waals surface area contributed by atoms with E-state index in [1.54, 1.807) is 0 Å². The van der Waals surface area contributed by atoms with Crippen LogP contribution in [-0.4, -0.2) is 15.5 Å². The molecule has 0 saturated carbocycles. The summed E-state index contributed by atoms with van der Waals surface area (Å²) in [6, 6.07) is 15.5. The van der Waals surface area contributed by atoms with Crippen molar-refractivity contribution in [2.75, 3.05) is 5.32 Å². The van der Waals surface area contributed by atoms with Gasteiger partial charge in [-0.25, -0.2) is 4.98 Å². The van der Waals surface area contributed by atoms with Gasteiger partial charge in [-0.15, -0.1) is 0 Å². The van der Waals surface area contributed by atoms with Crippen LogP contribution in [0.25, 0.3) is 11.0 Å². The van der Waals surface area contributed by atoms with E-state index in [-0.39, 0.29) is 5.91 Å². The second-order valence-corrected chi connectivity index (χ2v) is 5.40. The van der Waals surface area contributed by atoms with E-state index in [4.69, 9.17) is 0 Å². The first-order chi connectivity index (χ1) is 10.7. The summed E-state index contributed by atoms with van der Waals surface area (Å²) in [6.07, 6.45) is 0.980. The molecule has 1 N–H and O–H groups in total. The third-order valence-corrected chi connectivity index (χ3v) is 3.61. The topological polar surface area (TPSA) is 46.9 Å². The Morgan fingerprint density at radius 3 is 2.77 bits per heavy atom. The summed E-state index contributed by atoms with van der Waals surface area (Å²) in [5.41, 5.74) is 3.66. The molecule has 0 bridgehead atoms. The van der Waals surface area contributed by atoms with Gasteiger partial charge in [-0.3, -0.25) is 10.1 Å². The monoisotopic (exact) mass is 293 g/mol. The Labute approximate surface area is 129 Å². The Morgan fingerprint density at radius 2 is 2.00 bits per heavy atom. The minimum atomic E-state index is -0.128. The average Bonchev–Trinajstić information content (AvgIpc) is 2.85. The predicted octanol–water partition coefficient (Wildman–Crippen LogP) is 4.01. The van der Waals surface area contributed by atoms with E-state index in [1.807, 2.05) is 55.5 Å². The Bertz CT molecular complexity index is 820. The third-order valence-electron chi connectivity index (χ3n) is 3.61. The number of aromatic nitrogens is 2. The highest BCUT2D eigenvalue weighted by atomic mass is 16.1. The fraction of sp³-hybridized carbons (Fsp3) is 0.222. The SMILES string of the molecule is CCCn1c(NC(=O)c2cccc(C)c2)nc2ccccc21. The molecule has 0 unspecified atom stereocenters. The van der Waals surface area contributed by atoms with Gasteiger partial charge < -0.3 is 4.57 Å². The summed E-state index contributed by atoms with van der Waals surface area (Å²) in [4.78, 5) is 17.0. The first-order valence-corrected chi connectivity index (χ1v) is 7.52. The molecule has 0 atom stereocenters. The van der Waals surface area contributed by atoms with Gasteiger partial charge in [-0.1, -0.05) is 36.8 Å². The molecule has 0 saturated heterocycles. The van der Waals surface area contributed by atoms with Crippen molar-refractivity contribution in [1.29, 1.82) is 0 Å². The molecule has 0 aliphatic carbocycles. The number of imidazole rings is 1. The molecule has 0 spiro atoms. The van der Waals surface area contributed by atoms with E-state index in [0.717, 1.165) is 29.6 Å². The van der Waals surface area contributed by atoms with Crippen molar-refractivity contribution in [1.82, 2.24) is 9.55 Å². The van der Waals surface area contributed by atoms with Gasteiger partial charge in [0.1, 0.15) is 0 Å². The van der Waals surface area contributed by atoms with Crippen LogP contribution in [0.15, 0.2) is 48.5 Å². The van der Waals surface area contributed by atoms with Crippen LogP contribution in [0.5, 0.6) is 0 Å². The molecule has 1 heterocycles. The number of fused-ring (bicyclic) bond motifs is 1. The molecule has 22 heavy (non-hydrogen) atoms. The van der Waals surface area contributed by atoms with Crippen LogP contribution in [0.1, 0.15) is 29.3 Å². The molecule has 0 aliphatic heterocycles. The number of nitrogens with zero attached hydrogens (tertiary/aromatic N) is 2. The van der Waals surface area contributed by atoms with Crippen molar-refractivity contribution >= 4 is 22.9 Å². The van der Waals surface area contributed by atoms with Crippen molar-refractivity contribution in [3.63, 3.8) is 0 Å². The fourth-order valence-corrected chi connectivity index (χ4v) is 2.58. The maximum atomic E-state index is 12.4. The minimum Gasteiger partial charge on any atom is -0.310 e. The maximum absolute atomic E-state index is 12.4. The van der Waals surface area contributed by atoms with Gasteiger partial charge in [0.2, 0.25) is 5.95 Å². The summed E-state index contributed by atoms with van der Waals surface area (Å²) in [7, 11) is 0. The Balaban J connectivity index is 1.96. The van der Waals surface area contributed by atoms with Crippen LogP contribution >= 0.6 is 0 Å². The number of benzene rings is 2. The lowest BCUT2D eigenvalue weighted by Gasteiger charge is -2.09. The van der Waals surface area contributed by atoms with Gasteiger partial charge in [-0.2, -0.15) is 0 Å². The van der Waals surface area contributed by atoms with Gasteiger partial charge >= 0.3 is 0 Å². The summed E-state index contributed by atoms with van der Waals surface area (Å²) in [6.45, 7) is 4.91. The highest BCUT2D eigenvalue weighted by Gasteiger charge is 2.13. The molecule has 4 nitrogen and oxygen atoms in total. The molecule has 0 fully saturated rings. The Morgan fingerprint density at radius 1 is 1.18 bits per heavy atom. The molecule has 0 radical (unpaired) electrons. The van der Waals surface area contributed by atoms with Crippen LogP contribution in [0, 0.1) is 6.92 Å². The molecule has 4 heteroatoms. The fourth-order valence-electron chi connectivity index (χ4n) is 2.58. The van der Waals surface area contributed by atoms with Crippen molar-refractivity contribution in [2.24, 2.45) is 0 Å². The summed E-state index contributed by atoms with van der Waals surface area (Å²) in [5.74, 6) is 0.478. The number of hydrogen-bond acceptors (Lipinski definition) is 2. The van der Waals surface area contributed by atoms with Gasteiger partial charge in [0.15, 0.2) is 0 Å². The average molecular weight is 293 g/mol. The zero-order valence-corrected chi connectivity index (χ0v) is 12.8. The summed E-state index contributed by atoms with van der Waals surface area (Å²) in [5, 5.41) is 2.94. The number of rotatable bonds is 4. The summed E-state index contributed by atoms with van der Waals surface area (Å²) < 4.78 is 2.06. The molecular formula is C18H19N3O. The maximum Gasteiger partial charge on any atom is 0.257 e. The predicted molar refractivity (Wildman–Crippen MR) is 89.2 cm³/mol. The first kappa shape index (κ1) is 14.3. The number of para-hydroxylation sites is 2. The highest BCUT2D eigenvalue weighted by molar-refractivity contribution is 6.04. The Kier molecular flexibility index (Phi) is 3.92. The van der Waals surface area contributed by atoms with Gasteiger partial charge in [-0.05, 0) is 37.6 Å². The summed E-state index contributed by atoms with van der Waals surface area (Å²) >= 11 is 0. The lowest BCUT2D eigenvalue weighted by molar-refractivity contribution is 0.102. The first-order valence-electron chi connectivity index (χ1n) is 7.52. The molecule has 3 aromatic rings. The second-order valence-electron chi connectivity index (χ2n) is 5.40. The molecule has 3 rings (SSSR count). The minimum absolute atomic E-state index is 0.128. The van der Waals surface area contributed by atoms with Gasteiger partial charge in [0.05, 0.1) is 11.0 Å². The molecule has 2 aromatic carbocycles. The number of anilines is 1. The van der Waals surface area contributed by atoms with Gasteiger partial charge in [0.25, 0.3) is 5.91 Å². The van der Waals surface area contributed by atoms with Crippen molar-refractivity contribution in [3.05, 3.63) is 59.7 Å². The van der Waals surface area contributed by atoms with Crippen molar-refractivity contribution < 1.29 is 4.79 Å². The van der Waals surface area contributed by atoms with Crippen LogP contribution < -0.4 is 5.32 Å². The van der Waals surface area contributed by atoms with Gasteiger partial charge in [0, 0.05) is 12.1 Å². The second kappa shape index (κ2) is 6.02. The highest BCUT2D eigenvalue weighted by Crippen LogP contribution is 2.20. The van der Waals surface area contributed by atoms with Crippen LogP contribution in [0.3, 0.4) is 0 Å². The quantitative estimate of drug-likeness (QED) is 0.790. The van der Waals surface area contributed by atoms with E-state index in [1.165, 1.54) is 0 Å². The standard InChI is InChI=1S/C18H19N3O/c1-3-11-21-16-10-5-4-9-15(16)19-18(21)20-17(22)14-8-6-7-13(2)12-14/h4-10,12H,3,11H2,1-2H3,(H,19,20,22). The van der Waals surface area contributed by atoms with Crippen LogP contribution in [-0.2, 0) is 6.54 Å².